The summed E-state index contributed by atoms with van der Waals surface area (Å²) in [5.41, 5.74) is 10.8. The molecule has 0 spiro atoms. The Kier molecular flexibility index (Phi) is 6.13. The summed E-state index contributed by atoms with van der Waals surface area (Å²) in [7, 11) is 0. The standard InChI is InChI=1S/C8H16N2/c1-2-3-4-8(7-10)5-6-9/h2-4,8H,1,5-7,9-10H2. The van der Waals surface area contributed by atoms with E-state index in [1.165, 1.54) is 0 Å². The summed E-state index contributed by atoms with van der Waals surface area (Å²) in [4.78, 5) is 0. The molecule has 10 heavy (non-hydrogen) atoms. The van der Waals surface area contributed by atoms with Crippen LogP contribution in [-0.4, -0.2) is 13.1 Å². The van der Waals surface area contributed by atoms with Gasteiger partial charge in [0.25, 0.3) is 0 Å². The SMILES string of the molecule is C=CC=CC(CN)CCN. The van der Waals surface area contributed by atoms with E-state index in [4.69, 9.17) is 11.5 Å². The molecule has 2 heteroatoms. The van der Waals surface area contributed by atoms with Crippen molar-refractivity contribution in [3.8, 4) is 0 Å². The van der Waals surface area contributed by atoms with Crippen molar-refractivity contribution in [1.82, 2.24) is 0 Å². The van der Waals surface area contributed by atoms with Gasteiger partial charge in [-0.05, 0) is 25.4 Å². The predicted octanol–water partition coefficient (Wildman–Crippen LogP) is 0.652. The Morgan fingerprint density at radius 1 is 1.40 bits per heavy atom. The molecule has 0 aromatic carbocycles. The second-order valence-corrected chi connectivity index (χ2v) is 2.19. The average molecular weight is 140 g/mol. The van der Waals surface area contributed by atoms with Crippen LogP contribution >= 0.6 is 0 Å². The molecule has 0 aromatic heterocycles. The van der Waals surface area contributed by atoms with E-state index in [-0.39, 0.29) is 0 Å². The Morgan fingerprint density at radius 3 is 2.50 bits per heavy atom. The third-order valence-electron chi connectivity index (χ3n) is 1.36. The van der Waals surface area contributed by atoms with Gasteiger partial charge in [-0.15, -0.1) is 0 Å². The van der Waals surface area contributed by atoms with Crippen molar-refractivity contribution in [2.45, 2.75) is 6.42 Å². The highest BCUT2D eigenvalue weighted by Crippen LogP contribution is 2.00. The van der Waals surface area contributed by atoms with E-state index in [9.17, 15) is 0 Å². The van der Waals surface area contributed by atoms with Crippen LogP contribution in [0.15, 0.2) is 24.8 Å². The number of hydrogen-bond acceptors (Lipinski definition) is 2. The Morgan fingerprint density at radius 2 is 2.10 bits per heavy atom. The molecule has 0 radical (unpaired) electrons. The molecule has 0 aliphatic carbocycles. The molecule has 0 aliphatic heterocycles. The van der Waals surface area contributed by atoms with Gasteiger partial charge in [-0.2, -0.15) is 0 Å². The fourth-order valence-electron chi connectivity index (χ4n) is 0.742. The molecule has 0 saturated carbocycles. The molecule has 0 amide bonds. The summed E-state index contributed by atoms with van der Waals surface area (Å²) in [5, 5.41) is 0. The van der Waals surface area contributed by atoms with Crippen LogP contribution in [0.25, 0.3) is 0 Å². The van der Waals surface area contributed by atoms with Crippen molar-refractivity contribution in [3.63, 3.8) is 0 Å². The van der Waals surface area contributed by atoms with Crippen molar-refractivity contribution < 1.29 is 0 Å². The van der Waals surface area contributed by atoms with E-state index in [0.717, 1.165) is 6.42 Å². The lowest BCUT2D eigenvalue weighted by atomic mass is 10.1. The average Bonchev–Trinajstić information content (AvgIpc) is 1.98. The Bertz CT molecular complexity index is 108. The largest absolute Gasteiger partial charge is 0.330 e. The fraction of sp³-hybridized carbons (Fsp3) is 0.500. The van der Waals surface area contributed by atoms with E-state index < -0.39 is 0 Å². The van der Waals surface area contributed by atoms with E-state index in [1.807, 2.05) is 12.2 Å². The molecule has 0 bridgehead atoms. The van der Waals surface area contributed by atoms with Gasteiger partial charge >= 0.3 is 0 Å². The molecule has 0 rings (SSSR count). The van der Waals surface area contributed by atoms with Crippen LogP contribution in [0.3, 0.4) is 0 Å². The summed E-state index contributed by atoms with van der Waals surface area (Å²) in [6, 6.07) is 0. The lowest BCUT2D eigenvalue weighted by Gasteiger charge is -2.05. The van der Waals surface area contributed by atoms with Crippen LogP contribution in [-0.2, 0) is 0 Å². The maximum atomic E-state index is 5.46. The van der Waals surface area contributed by atoms with Gasteiger partial charge < -0.3 is 11.5 Å². The minimum Gasteiger partial charge on any atom is -0.330 e. The summed E-state index contributed by atoms with van der Waals surface area (Å²) in [5.74, 6) is 0.419. The van der Waals surface area contributed by atoms with E-state index in [0.29, 0.717) is 19.0 Å². The number of hydrogen-bond donors (Lipinski definition) is 2. The first kappa shape index (κ1) is 9.40. The van der Waals surface area contributed by atoms with E-state index in [2.05, 4.69) is 6.58 Å². The summed E-state index contributed by atoms with van der Waals surface area (Å²) >= 11 is 0. The van der Waals surface area contributed by atoms with Crippen LogP contribution in [0.4, 0.5) is 0 Å². The van der Waals surface area contributed by atoms with Crippen LogP contribution in [0.5, 0.6) is 0 Å². The first-order valence-electron chi connectivity index (χ1n) is 3.54. The molecule has 0 fully saturated rings. The summed E-state index contributed by atoms with van der Waals surface area (Å²) in [6.07, 6.45) is 6.66. The van der Waals surface area contributed by atoms with Crippen LogP contribution in [0.2, 0.25) is 0 Å². The van der Waals surface area contributed by atoms with Crippen molar-refractivity contribution in [2.75, 3.05) is 13.1 Å². The van der Waals surface area contributed by atoms with Gasteiger partial charge in [0.15, 0.2) is 0 Å². The van der Waals surface area contributed by atoms with Gasteiger partial charge in [0.1, 0.15) is 0 Å². The minimum atomic E-state index is 0.419. The number of rotatable bonds is 5. The molecule has 2 nitrogen and oxygen atoms in total. The molecule has 0 heterocycles. The zero-order chi connectivity index (χ0) is 7.82. The molecule has 0 aromatic rings. The molecule has 1 atom stereocenters. The third-order valence-corrected chi connectivity index (χ3v) is 1.36. The highest BCUT2D eigenvalue weighted by molar-refractivity contribution is 5.00. The van der Waals surface area contributed by atoms with E-state index >= 15 is 0 Å². The Hall–Kier alpha value is -0.600. The highest BCUT2D eigenvalue weighted by atomic mass is 14.6. The van der Waals surface area contributed by atoms with Crippen molar-refractivity contribution in [3.05, 3.63) is 24.8 Å². The number of allylic oxidation sites excluding steroid dienone is 2. The van der Waals surface area contributed by atoms with Gasteiger partial charge in [0, 0.05) is 0 Å². The van der Waals surface area contributed by atoms with Crippen molar-refractivity contribution in [2.24, 2.45) is 17.4 Å². The highest BCUT2D eigenvalue weighted by Gasteiger charge is 1.97. The van der Waals surface area contributed by atoms with Gasteiger partial charge in [-0.25, -0.2) is 0 Å². The monoisotopic (exact) mass is 140 g/mol. The van der Waals surface area contributed by atoms with E-state index in [1.54, 1.807) is 6.08 Å². The second kappa shape index (κ2) is 6.52. The van der Waals surface area contributed by atoms with Gasteiger partial charge in [-0.3, -0.25) is 0 Å². The maximum absolute atomic E-state index is 5.46. The van der Waals surface area contributed by atoms with Crippen molar-refractivity contribution in [1.29, 1.82) is 0 Å². The summed E-state index contributed by atoms with van der Waals surface area (Å²) in [6.45, 7) is 4.93. The first-order valence-corrected chi connectivity index (χ1v) is 3.54. The van der Waals surface area contributed by atoms with Gasteiger partial charge in [0.2, 0.25) is 0 Å². The third kappa shape index (κ3) is 4.30. The Labute approximate surface area is 62.6 Å². The van der Waals surface area contributed by atoms with Gasteiger partial charge in [0.05, 0.1) is 0 Å². The van der Waals surface area contributed by atoms with Crippen LogP contribution in [0, 0.1) is 5.92 Å². The lowest BCUT2D eigenvalue weighted by molar-refractivity contribution is 0.610. The topological polar surface area (TPSA) is 52.0 Å². The fourth-order valence-corrected chi connectivity index (χ4v) is 0.742. The molecule has 58 valence electrons. The molecule has 0 saturated heterocycles. The minimum absolute atomic E-state index is 0.419. The first-order chi connectivity index (χ1) is 4.85. The molecule has 0 aliphatic rings. The number of nitrogens with two attached hydrogens (primary N) is 2. The molecular formula is C8H16N2. The van der Waals surface area contributed by atoms with Crippen LogP contribution < -0.4 is 11.5 Å². The molecule has 4 N–H and O–H groups in total. The van der Waals surface area contributed by atoms with Crippen LogP contribution in [0.1, 0.15) is 6.42 Å². The lowest BCUT2D eigenvalue weighted by Crippen LogP contribution is -2.15. The smallest absolute Gasteiger partial charge is 0.00136 e. The Balaban J connectivity index is 3.58. The van der Waals surface area contributed by atoms with Gasteiger partial charge in [-0.1, -0.05) is 24.8 Å². The maximum Gasteiger partial charge on any atom is -0.00136 e. The molecular weight excluding hydrogens is 124 g/mol. The molecule has 1 unspecified atom stereocenters. The normalized spacial score (nSPS) is 13.8. The van der Waals surface area contributed by atoms with Crippen molar-refractivity contribution >= 4 is 0 Å². The zero-order valence-corrected chi connectivity index (χ0v) is 6.29. The predicted molar refractivity (Wildman–Crippen MR) is 45.6 cm³/mol. The quantitative estimate of drug-likeness (QED) is 0.551. The second-order valence-electron chi connectivity index (χ2n) is 2.19. The zero-order valence-electron chi connectivity index (χ0n) is 6.29. The summed E-state index contributed by atoms with van der Waals surface area (Å²) < 4.78 is 0.